The number of carbonyl (C=O) groups excluding carboxylic acids is 1. The standard InChI is InChI=1S/C22H19Cl2FN2O3S/c1-15-6-9-18(12-20(15)24)26-22(28)14-27(13-16-4-2-3-5-21(16)25)31(29,30)19-10-7-17(23)8-11-19/h2-12H,13-14H2,1H3,(H,26,28). The van der Waals surface area contributed by atoms with E-state index < -0.39 is 28.3 Å². The smallest absolute Gasteiger partial charge is 0.243 e. The molecule has 9 heteroatoms. The minimum atomic E-state index is -4.11. The van der Waals surface area contributed by atoms with E-state index >= 15 is 0 Å². The SMILES string of the molecule is Cc1ccc(NC(=O)CN(Cc2ccccc2F)S(=O)(=O)c2ccc(Cl)cc2)cc1Cl. The van der Waals surface area contributed by atoms with Crippen molar-refractivity contribution in [1.82, 2.24) is 4.31 Å². The fraction of sp³-hybridized carbons (Fsp3) is 0.136. The number of hydrogen-bond acceptors (Lipinski definition) is 3. The molecule has 0 radical (unpaired) electrons. The molecule has 0 aliphatic carbocycles. The maximum Gasteiger partial charge on any atom is 0.243 e. The average Bonchev–Trinajstić information content (AvgIpc) is 2.72. The second-order valence-corrected chi connectivity index (χ2v) is 9.61. The number of sulfonamides is 1. The van der Waals surface area contributed by atoms with Gasteiger partial charge < -0.3 is 5.32 Å². The predicted octanol–water partition coefficient (Wildman–Crippen LogP) is 5.27. The van der Waals surface area contributed by atoms with Crippen molar-refractivity contribution in [2.24, 2.45) is 0 Å². The first-order chi connectivity index (χ1) is 14.7. The van der Waals surface area contributed by atoms with Gasteiger partial charge in [-0.1, -0.05) is 47.5 Å². The highest BCUT2D eigenvalue weighted by atomic mass is 35.5. The molecule has 0 saturated carbocycles. The topological polar surface area (TPSA) is 66.5 Å². The number of anilines is 1. The van der Waals surface area contributed by atoms with Crippen molar-refractivity contribution >= 4 is 44.8 Å². The van der Waals surface area contributed by atoms with Gasteiger partial charge in [-0.3, -0.25) is 4.79 Å². The van der Waals surface area contributed by atoms with E-state index in [0.29, 0.717) is 15.7 Å². The Balaban J connectivity index is 1.89. The second kappa shape index (κ2) is 9.78. The summed E-state index contributed by atoms with van der Waals surface area (Å²) >= 11 is 11.9. The largest absolute Gasteiger partial charge is 0.325 e. The summed E-state index contributed by atoms with van der Waals surface area (Å²) in [5, 5.41) is 3.47. The number of nitrogens with one attached hydrogen (secondary N) is 1. The van der Waals surface area contributed by atoms with E-state index in [0.717, 1.165) is 9.87 Å². The highest BCUT2D eigenvalue weighted by Crippen LogP contribution is 2.23. The molecule has 0 aliphatic heterocycles. The zero-order valence-electron chi connectivity index (χ0n) is 16.5. The predicted molar refractivity (Wildman–Crippen MR) is 120 cm³/mol. The van der Waals surface area contributed by atoms with Gasteiger partial charge in [0.1, 0.15) is 5.82 Å². The third-order valence-electron chi connectivity index (χ3n) is 4.53. The van der Waals surface area contributed by atoms with Gasteiger partial charge in [0, 0.05) is 27.8 Å². The molecule has 0 aliphatic rings. The minimum absolute atomic E-state index is 0.0561. The van der Waals surface area contributed by atoms with Gasteiger partial charge in [0.2, 0.25) is 15.9 Å². The fourth-order valence-corrected chi connectivity index (χ4v) is 4.51. The Morgan fingerprint density at radius 2 is 1.71 bits per heavy atom. The summed E-state index contributed by atoms with van der Waals surface area (Å²) in [6.07, 6.45) is 0. The van der Waals surface area contributed by atoms with Crippen LogP contribution in [0, 0.1) is 12.7 Å². The van der Waals surface area contributed by atoms with Gasteiger partial charge in [0.05, 0.1) is 11.4 Å². The van der Waals surface area contributed by atoms with Crippen LogP contribution in [0.1, 0.15) is 11.1 Å². The van der Waals surface area contributed by atoms with Crippen LogP contribution >= 0.6 is 23.2 Å². The lowest BCUT2D eigenvalue weighted by atomic mass is 10.2. The molecule has 0 atom stereocenters. The summed E-state index contributed by atoms with van der Waals surface area (Å²) in [7, 11) is -4.11. The fourth-order valence-electron chi connectivity index (χ4n) is 2.83. The number of rotatable bonds is 7. The third-order valence-corrected chi connectivity index (χ3v) is 7.00. The Hall–Kier alpha value is -2.45. The average molecular weight is 481 g/mol. The van der Waals surface area contributed by atoms with Crippen molar-refractivity contribution < 1.29 is 17.6 Å². The van der Waals surface area contributed by atoms with E-state index in [1.807, 2.05) is 6.92 Å². The number of amides is 1. The first-order valence-corrected chi connectivity index (χ1v) is 11.4. The Labute approximate surface area is 190 Å². The van der Waals surface area contributed by atoms with Crippen LogP contribution in [-0.4, -0.2) is 25.2 Å². The molecule has 0 heterocycles. The van der Waals surface area contributed by atoms with Crippen molar-refractivity contribution in [2.75, 3.05) is 11.9 Å². The van der Waals surface area contributed by atoms with Gasteiger partial charge in [-0.15, -0.1) is 0 Å². The van der Waals surface area contributed by atoms with Crippen molar-refractivity contribution in [1.29, 1.82) is 0 Å². The molecule has 3 rings (SSSR count). The molecule has 0 aromatic heterocycles. The third kappa shape index (κ3) is 5.83. The van der Waals surface area contributed by atoms with Crippen LogP contribution in [0.25, 0.3) is 0 Å². The molecule has 1 amide bonds. The van der Waals surface area contributed by atoms with E-state index in [2.05, 4.69) is 5.32 Å². The Morgan fingerprint density at radius 3 is 2.35 bits per heavy atom. The maximum atomic E-state index is 14.2. The molecule has 0 bridgehead atoms. The Morgan fingerprint density at radius 1 is 1.03 bits per heavy atom. The monoisotopic (exact) mass is 480 g/mol. The van der Waals surface area contributed by atoms with Crippen LogP contribution in [-0.2, 0) is 21.4 Å². The van der Waals surface area contributed by atoms with Crippen molar-refractivity contribution in [2.45, 2.75) is 18.4 Å². The molecule has 0 spiro atoms. The lowest BCUT2D eigenvalue weighted by Gasteiger charge is -2.22. The Kier molecular flexibility index (Phi) is 7.33. The number of benzene rings is 3. The van der Waals surface area contributed by atoms with Gasteiger partial charge in [-0.2, -0.15) is 4.31 Å². The highest BCUT2D eigenvalue weighted by molar-refractivity contribution is 7.89. The lowest BCUT2D eigenvalue weighted by molar-refractivity contribution is -0.116. The van der Waals surface area contributed by atoms with Crippen LogP contribution in [0.15, 0.2) is 71.6 Å². The van der Waals surface area contributed by atoms with Crippen molar-refractivity contribution in [3.63, 3.8) is 0 Å². The summed E-state index contributed by atoms with van der Waals surface area (Å²) in [6.45, 7) is 0.979. The molecule has 31 heavy (non-hydrogen) atoms. The zero-order valence-corrected chi connectivity index (χ0v) is 18.8. The number of nitrogens with zero attached hydrogens (tertiary/aromatic N) is 1. The molecule has 0 unspecified atom stereocenters. The molecule has 3 aromatic rings. The van der Waals surface area contributed by atoms with E-state index in [-0.39, 0.29) is 17.0 Å². The number of hydrogen-bond donors (Lipinski definition) is 1. The van der Waals surface area contributed by atoms with Gasteiger partial charge in [0.15, 0.2) is 0 Å². The van der Waals surface area contributed by atoms with Crippen molar-refractivity contribution in [3.05, 3.63) is 93.7 Å². The van der Waals surface area contributed by atoms with Crippen molar-refractivity contribution in [3.8, 4) is 0 Å². The summed E-state index contributed by atoms with van der Waals surface area (Å²) in [5.74, 6) is -1.15. The van der Waals surface area contributed by atoms with Crippen LogP contribution in [0.4, 0.5) is 10.1 Å². The normalized spacial score (nSPS) is 11.5. The molecule has 3 aromatic carbocycles. The Bertz CT molecular complexity index is 1200. The quantitative estimate of drug-likeness (QED) is 0.500. The summed E-state index contributed by atoms with van der Waals surface area (Å²) in [4.78, 5) is 12.6. The van der Waals surface area contributed by atoms with Crippen LogP contribution < -0.4 is 5.32 Å². The summed E-state index contributed by atoms with van der Waals surface area (Å²) < 4.78 is 41.5. The van der Waals surface area contributed by atoms with Gasteiger partial charge in [0.25, 0.3) is 0 Å². The molecular weight excluding hydrogens is 462 g/mol. The van der Waals surface area contributed by atoms with E-state index in [1.54, 1.807) is 24.3 Å². The van der Waals surface area contributed by atoms with Crippen LogP contribution in [0.3, 0.4) is 0 Å². The van der Waals surface area contributed by atoms with Crippen LogP contribution in [0.5, 0.6) is 0 Å². The molecule has 0 saturated heterocycles. The lowest BCUT2D eigenvalue weighted by Crippen LogP contribution is -2.37. The van der Waals surface area contributed by atoms with Gasteiger partial charge in [-0.25, -0.2) is 12.8 Å². The number of carbonyl (C=O) groups is 1. The van der Waals surface area contributed by atoms with Gasteiger partial charge in [-0.05, 0) is 55.0 Å². The zero-order chi connectivity index (χ0) is 22.6. The van der Waals surface area contributed by atoms with Crippen LogP contribution in [0.2, 0.25) is 10.0 Å². The van der Waals surface area contributed by atoms with E-state index in [4.69, 9.17) is 23.2 Å². The first kappa shape index (κ1) is 23.2. The molecule has 162 valence electrons. The molecular formula is C22H19Cl2FN2O3S. The summed E-state index contributed by atoms with van der Waals surface area (Å²) in [5.41, 5.74) is 1.41. The minimum Gasteiger partial charge on any atom is -0.325 e. The number of halogens is 3. The first-order valence-electron chi connectivity index (χ1n) is 9.22. The molecule has 1 N–H and O–H groups in total. The molecule has 0 fully saturated rings. The number of aryl methyl sites for hydroxylation is 1. The second-order valence-electron chi connectivity index (χ2n) is 6.83. The highest BCUT2D eigenvalue weighted by Gasteiger charge is 2.28. The van der Waals surface area contributed by atoms with E-state index in [9.17, 15) is 17.6 Å². The van der Waals surface area contributed by atoms with E-state index in [1.165, 1.54) is 42.5 Å². The molecule has 5 nitrogen and oxygen atoms in total. The van der Waals surface area contributed by atoms with Gasteiger partial charge >= 0.3 is 0 Å². The summed E-state index contributed by atoms with van der Waals surface area (Å²) in [6, 6.07) is 16.3. The maximum absolute atomic E-state index is 14.2.